The first-order valence-corrected chi connectivity index (χ1v) is 9.46. The highest BCUT2D eigenvalue weighted by Crippen LogP contribution is 2.31. The molecule has 1 saturated carbocycles. The fourth-order valence-corrected chi connectivity index (χ4v) is 3.97. The van der Waals surface area contributed by atoms with Crippen LogP contribution in [0.15, 0.2) is 0 Å². The number of aliphatic hydroxyl groups is 1. The Labute approximate surface area is 147 Å². The predicted molar refractivity (Wildman–Crippen MR) is 96.0 cm³/mol. The molecule has 2 aliphatic rings. The number of hydrogen-bond acceptors (Lipinski definition) is 4. The van der Waals surface area contributed by atoms with Crippen molar-refractivity contribution >= 4 is 6.09 Å². The fraction of sp³-hybridized carbons (Fsp3) is 0.947. The number of aliphatic hydroxyl groups excluding tert-OH is 1. The Bertz CT molecular complexity index is 431. The van der Waals surface area contributed by atoms with Gasteiger partial charge in [-0.05, 0) is 64.3 Å². The molecule has 3 unspecified atom stereocenters. The molecular weight excluding hydrogens is 304 g/mol. The van der Waals surface area contributed by atoms with Crippen LogP contribution in [0.2, 0.25) is 0 Å². The zero-order valence-electron chi connectivity index (χ0n) is 16.1. The highest BCUT2D eigenvalue weighted by molar-refractivity contribution is 5.68. The van der Waals surface area contributed by atoms with Gasteiger partial charge in [-0.25, -0.2) is 4.79 Å². The van der Waals surface area contributed by atoms with Crippen molar-refractivity contribution in [3.8, 4) is 0 Å². The number of nitrogens with zero attached hydrogens (tertiary/aromatic N) is 1. The van der Waals surface area contributed by atoms with Gasteiger partial charge in [-0.3, -0.25) is 0 Å². The van der Waals surface area contributed by atoms with Crippen LogP contribution >= 0.6 is 0 Å². The molecule has 1 heterocycles. The monoisotopic (exact) mass is 340 g/mol. The first-order valence-electron chi connectivity index (χ1n) is 9.46. The second-order valence-electron chi connectivity index (χ2n) is 9.33. The Balaban J connectivity index is 1.83. The summed E-state index contributed by atoms with van der Waals surface area (Å²) in [7, 11) is 0. The molecule has 0 spiro atoms. The van der Waals surface area contributed by atoms with Crippen LogP contribution in [0, 0.1) is 11.3 Å². The first kappa shape index (κ1) is 19.5. The average molecular weight is 341 g/mol. The van der Waals surface area contributed by atoms with E-state index < -0.39 is 5.60 Å². The molecule has 0 bridgehead atoms. The molecule has 5 nitrogen and oxygen atoms in total. The lowest BCUT2D eigenvalue weighted by atomic mass is 9.78. The van der Waals surface area contributed by atoms with E-state index in [1.54, 1.807) is 0 Å². The second kappa shape index (κ2) is 7.61. The van der Waals surface area contributed by atoms with Crippen LogP contribution in [0.25, 0.3) is 0 Å². The smallest absolute Gasteiger partial charge is 0.410 e. The maximum absolute atomic E-state index is 12.3. The molecule has 24 heavy (non-hydrogen) atoms. The summed E-state index contributed by atoms with van der Waals surface area (Å²) >= 11 is 0. The van der Waals surface area contributed by atoms with Crippen molar-refractivity contribution in [2.75, 3.05) is 19.6 Å². The summed E-state index contributed by atoms with van der Waals surface area (Å²) in [5.41, 5.74) is -0.430. The molecule has 2 N–H and O–H groups in total. The van der Waals surface area contributed by atoms with Gasteiger partial charge in [-0.15, -0.1) is 0 Å². The highest BCUT2D eigenvalue weighted by atomic mass is 16.6. The summed E-state index contributed by atoms with van der Waals surface area (Å²) < 4.78 is 5.51. The third-order valence-electron chi connectivity index (χ3n) is 5.29. The standard InChI is InChI=1S/C19H36N2O3/c1-18(2,3)24-17(23)21-10-9-16(19(4,5)13-21)20-12-14-7-6-8-15(22)11-14/h14-16,20,22H,6-13H2,1-5H3. The number of nitrogens with one attached hydrogen (secondary N) is 1. The molecule has 5 heteroatoms. The molecule has 2 fully saturated rings. The molecule has 1 saturated heterocycles. The molecule has 1 aliphatic carbocycles. The van der Waals surface area contributed by atoms with Crippen LogP contribution in [-0.4, -0.2) is 53.5 Å². The van der Waals surface area contributed by atoms with Crippen LogP contribution < -0.4 is 5.32 Å². The zero-order chi connectivity index (χ0) is 18.0. The minimum atomic E-state index is -0.446. The van der Waals surface area contributed by atoms with Crippen molar-refractivity contribution in [3.05, 3.63) is 0 Å². The highest BCUT2D eigenvalue weighted by Gasteiger charge is 2.39. The van der Waals surface area contributed by atoms with Crippen molar-refractivity contribution in [2.45, 2.75) is 84.5 Å². The maximum Gasteiger partial charge on any atom is 0.410 e. The molecule has 0 aromatic carbocycles. The van der Waals surface area contributed by atoms with E-state index >= 15 is 0 Å². The summed E-state index contributed by atoms with van der Waals surface area (Å²) in [4.78, 5) is 14.1. The van der Waals surface area contributed by atoms with E-state index in [4.69, 9.17) is 4.74 Å². The van der Waals surface area contributed by atoms with Crippen LogP contribution in [0.4, 0.5) is 4.79 Å². The fourth-order valence-electron chi connectivity index (χ4n) is 3.97. The van der Waals surface area contributed by atoms with Gasteiger partial charge in [0, 0.05) is 19.1 Å². The molecule has 1 aliphatic heterocycles. The Morgan fingerprint density at radius 1 is 1.29 bits per heavy atom. The van der Waals surface area contributed by atoms with Crippen molar-refractivity contribution in [3.63, 3.8) is 0 Å². The van der Waals surface area contributed by atoms with Gasteiger partial charge in [0.2, 0.25) is 0 Å². The van der Waals surface area contributed by atoms with Crippen molar-refractivity contribution < 1.29 is 14.6 Å². The maximum atomic E-state index is 12.3. The largest absolute Gasteiger partial charge is 0.444 e. The van der Waals surface area contributed by atoms with E-state index in [9.17, 15) is 9.90 Å². The lowest BCUT2D eigenvalue weighted by Gasteiger charge is -2.45. The van der Waals surface area contributed by atoms with Crippen LogP contribution in [0.3, 0.4) is 0 Å². The molecule has 2 rings (SSSR count). The van der Waals surface area contributed by atoms with Crippen molar-refractivity contribution in [2.24, 2.45) is 11.3 Å². The van der Waals surface area contributed by atoms with Gasteiger partial charge in [0.25, 0.3) is 0 Å². The van der Waals surface area contributed by atoms with Crippen molar-refractivity contribution in [1.82, 2.24) is 10.2 Å². The van der Waals surface area contributed by atoms with E-state index in [1.807, 2.05) is 25.7 Å². The number of ether oxygens (including phenoxy) is 1. The Morgan fingerprint density at radius 3 is 2.58 bits per heavy atom. The minimum absolute atomic E-state index is 0.0163. The van der Waals surface area contributed by atoms with Gasteiger partial charge in [0.15, 0.2) is 0 Å². The minimum Gasteiger partial charge on any atom is -0.444 e. The van der Waals surface area contributed by atoms with Crippen LogP contribution in [0.5, 0.6) is 0 Å². The van der Waals surface area contributed by atoms with E-state index in [0.29, 0.717) is 18.5 Å². The van der Waals surface area contributed by atoms with Gasteiger partial charge in [0.1, 0.15) is 5.60 Å². The Hall–Kier alpha value is -0.810. The van der Waals surface area contributed by atoms with Crippen LogP contribution in [-0.2, 0) is 4.74 Å². The topological polar surface area (TPSA) is 61.8 Å². The van der Waals surface area contributed by atoms with Crippen molar-refractivity contribution in [1.29, 1.82) is 0 Å². The molecule has 0 radical (unpaired) electrons. The second-order valence-corrected chi connectivity index (χ2v) is 9.33. The SMILES string of the molecule is CC(C)(C)OC(=O)N1CCC(NCC2CCCC(O)C2)C(C)(C)C1. The molecule has 140 valence electrons. The number of carbonyl (C=O) groups excluding carboxylic acids is 1. The molecule has 3 atom stereocenters. The number of amides is 1. The van der Waals surface area contributed by atoms with Gasteiger partial charge < -0.3 is 20.1 Å². The molecule has 0 aromatic heterocycles. The summed E-state index contributed by atoms with van der Waals surface area (Å²) in [6, 6.07) is 0.398. The lowest BCUT2D eigenvalue weighted by Crippen LogP contribution is -2.57. The van der Waals surface area contributed by atoms with Gasteiger partial charge in [-0.2, -0.15) is 0 Å². The van der Waals surface area contributed by atoms with Gasteiger partial charge in [0.05, 0.1) is 6.10 Å². The van der Waals surface area contributed by atoms with E-state index in [1.165, 1.54) is 6.42 Å². The van der Waals surface area contributed by atoms with E-state index in [-0.39, 0.29) is 17.6 Å². The summed E-state index contributed by atoms with van der Waals surface area (Å²) in [5.74, 6) is 0.577. The van der Waals surface area contributed by atoms with E-state index in [2.05, 4.69) is 19.2 Å². The predicted octanol–water partition coefficient (Wildman–Crippen LogP) is 3.16. The zero-order valence-corrected chi connectivity index (χ0v) is 16.1. The Morgan fingerprint density at radius 2 is 2.00 bits per heavy atom. The quantitative estimate of drug-likeness (QED) is 0.828. The molecular formula is C19H36N2O3. The number of likely N-dealkylation sites (tertiary alicyclic amines) is 1. The average Bonchev–Trinajstić information content (AvgIpc) is 2.43. The normalized spacial score (nSPS) is 30.9. The number of hydrogen-bond donors (Lipinski definition) is 2. The third-order valence-corrected chi connectivity index (χ3v) is 5.29. The van der Waals surface area contributed by atoms with Gasteiger partial charge in [-0.1, -0.05) is 20.3 Å². The Kier molecular flexibility index (Phi) is 6.19. The number of rotatable bonds is 3. The van der Waals surface area contributed by atoms with Gasteiger partial charge >= 0.3 is 6.09 Å². The first-order chi connectivity index (χ1) is 11.1. The lowest BCUT2D eigenvalue weighted by molar-refractivity contribution is 0.00131. The summed E-state index contributed by atoms with van der Waals surface area (Å²) in [6.45, 7) is 12.6. The molecule has 1 amide bonds. The third kappa shape index (κ3) is 5.62. The van der Waals surface area contributed by atoms with E-state index in [0.717, 1.165) is 38.8 Å². The molecule has 0 aromatic rings. The summed E-state index contributed by atoms with van der Waals surface area (Å²) in [5, 5.41) is 13.5. The van der Waals surface area contributed by atoms with Crippen LogP contribution in [0.1, 0.15) is 66.7 Å². The number of carbonyl (C=O) groups is 1. The number of piperidine rings is 1. The summed E-state index contributed by atoms with van der Waals surface area (Å²) in [6.07, 6.45) is 4.84.